The van der Waals surface area contributed by atoms with E-state index in [0.29, 0.717) is 0 Å². The van der Waals surface area contributed by atoms with Gasteiger partial charge < -0.3 is 5.73 Å². The third-order valence-electron chi connectivity index (χ3n) is 2.62. The summed E-state index contributed by atoms with van der Waals surface area (Å²) in [7, 11) is -3.63. The van der Waals surface area contributed by atoms with E-state index >= 15 is 0 Å². The van der Waals surface area contributed by atoms with E-state index in [2.05, 4.69) is 25.6 Å². The molecule has 0 unspecified atom stereocenters. The van der Waals surface area contributed by atoms with Gasteiger partial charge in [-0.05, 0) is 24.6 Å². The van der Waals surface area contributed by atoms with Crippen LogP contribution in [0.5, 0.6) is 0 Å². The Bertz CT molecular complexity index is 713. The van der Waals surface area contributed by atoms with E-state index in [0.717, 1.165) is 20.8 Å². The van der Waals surface area contributed by atoms with E-state index in [1.807, 2.05) is 6.92 Å². The first-order chi connectivity index (χ1) is 9.42. The highest BCUT2D eigenvalue weighted by Gasteiger charge is 2.17. The summed E-state index contributed by atoms with van der Waals surface area (Å²) in [6, 6.07) is 4.68. The minimum Gasteiger partial charge on any atom is -0.398 e. The number of hydrogen-bond acceptors (Lipinski definition) is 5. The highest BCUT2D eigenvalue weighted by molar-refractivity contribution is 9.10. The van der Waals surface area contributed by atoms with Gasteiger partial charge in [0, 0.05) is 15.5 Å². The summed E-state index contributed by atoms with van der Waals surface area (Å²) >= 11 is 4.74. The third-order valence-corrected chi connectivity index (χ3v) is 5.73. The van der Waals surface area contributed by atoms with Gasteiger partial charge in [0.15, 0.2) is 0 Å². The van der Waals surface area contributed by atoms with Gasteiger partial charge in [0.05, 0.1) is 12.2 Å². The van der Waals surface area contributed by atoms with Gasteiger partial charge in [-0.15, -0.1) is 11.3 Å². The summed E-state index contributed by atoms with van der Waals surface area (Å²) in [6.07, 6.45) is 2.66. The molecule has 1 aromatic heterocycles. The van der Waals surface area contributed by atoms with Crippen LogP contribution in [0.3, 0.4) is 0 Å². The number of hydrogen-bond donors (Lipinski definition) is 2. The monoisotopic (exact) mass is 375 g/mol. The van der Waals surface area contributed by atoms with Crippen molar-refractivity contribution >= 4 is 43.0 Å². The summed E-state index contributed by atoms with van der Waals surface area (Å²) in [5, 5.41) is 0.737. The van der Waals surface area contributed by atoms with Crippen molar-refractivity contribution in [2.24, 2.45) is 0 Å². The zero-order valence-corrected chi connectivity index (χ0v) is 14.0. The maximum Gasteiger partial charge on any atom is 0.242 e. The molecule has 3 N–H and O–H groups in total. The van der Waals surface area contributed by atoms with Gasteiger partial charge in [0.2, 0.25) is 10.0 Å². The van der Waals surface area contributed by atoms with Gasteiger partial charge in [0.1, 0.15) is 9.90 Å². The lowest BCUT2D eigenvalue weighted by molar-refractivity contribution is 0.581. The molecular formula is C12H14BrN3O2S2. The lowest BCUT2D eigenvalue weighted by Crippen LogP contribution is -2.24. The standard InChI is InChI=1S/C12H14BrN3O2S2/c1-2-9-6-15-12(19-9)7-16-20(17,18)11-4-3-8(13)5-10(11)14/h3-6,16H,2,7,14H2,1H3. The molecule has 0 aliphatic carbocycles. The first kappa shape index (κ1) is 15.4. The molecule has 20 heavy (non-hydrogen) atoms. The third kappa shape index (κ3) is 3.57. The van der Waals surface area contributed by atoms with Crippen molar-refractivity contribution in [3.8, 4) is 0 Å². The maximum atomic E-state index is 12.2. The molecule has 0 atom stereocenters. The number of aryl methyl sites for hydroxylation is 1. The van der Waals surface area contributed by atoms with Gasteiger partial charge in [-0.3, -0.25) is 0 Å². The van der Waals surface area contributed by atoms with E-state index in [4.69, 9.17) is 5.73 Å². The molecule has 1 heterocycles. The van der Waals surface area contributed by atoms with Crippen molar-refractivity contribution in [3.05, 3.63) is 38.8 Å². The molecule has 0 amide bonds. The number of nitrogens with one attached hydrogen (secondary N) is 1. The van der Waals surface area contributed by atoms with Gasteiger partial charge in [-0.1, -0.05) is 22.9 Å². The molecule has 8 heteroatoms. The predicted molar refractivity (Wildman–Crippen MR) is 84.1 cm³/mol. The fourth-order valence-electron chi connectivity index (χ4n) is 1.59. The quantitative estimate of drug-likeness (QED) is 0.786. The Labute approximate surface area is 130 Å². The van der Waals surface area contributed by atoms with Crippen LogP contribution in [0.1, 0.15) is 16.8 Å². The molecule has 0 spiro atoms. The lowest BCUT2D eigenvalue weighted by atomic mass is 10.3. The molecule has 0 fully saturated rings. The number of nitrogen functional groups attached to an aromatic ring is 1. The Balaban J connectivity index is 2.14. The largest absolute Gasteiger partial charge is 0.398 e. The average molecular weight is 376 g/mol. The number of rotatable bonds is 5. The van der Waals surface area contributed by atoms with Crippen LogP contribution < -0.4 is 10.5 Å². The summed E-state index contributed by atoms with van der Waals surface area (Å²) in [6.45, 7) is 2.20. The zero-order chi connectivity index (χ0) is 14.8. The summed E-state index contributed by atoms with van der Waals surface area (Å²) < 4.78 is 27.6. The second kappa shape index (κ2) is 6.21. The second-order valence-electron chi connectivity index (χ2n) is 4.08. The minimum atomic E-state index is -3.63. The van der Waals surface area contributed by atoms with Crippen molar-refractivity contribution in [3.63, 3.8) is 0 Å². The SMILES string of the molecule is CCc1cnc(CNS(=O)(=O)c2ccc(Br)cc2N)s1. The Hall–Kier alpha value is -0.960. The van der Waals surface area contributed by atoms with Gasteiger partial charge in [-0.25, -0.2) is 18.1 Å². The number of halogens is 1. The molecule has 0 bridgehead atoms. The van der Waals surface area contributed by atoms with Crippen LogP contribution in [0.25, 0.3) is 0 Å². The number of nitrogens with zero attached hydrogens (tertiary/aromatic N) is 1. The van der Waals surface area contributed by atoms with Crippen molar-refractivity contribution in [2.75, 3.05) is 5.73 Å². The molecule has 0 radical (unpaired) electrons. The van der Waals surface area contributed by atoms with Crippen LogP contribution in [0, 0.1) is 0 Å². The number of sulfonamides is 1. The lowest BCUT2D eigenvalue weighted by Gasteiger charge is -2.08. The summed E-state index contributed by atoms with van der Waals surface area (Å²) in [5.74, 6) is 0. The first-order valence-corrected chi connectivity index (χ1v) is 9.00. The summed E-state index contributed by atoms with van der Waals surface area (Å²) in [4.78, 5) is 5.38. The van der Waals surface area contributed by atoms with Gasteiger partial charge >= 0.3 is 0 Å². The van der Waals surface area contributed by atoms with E-state index in [1.54, 1.807) is 18.3 Å². The fraction of sp³-hybridized carbons (Fsp3) is 0.250. The van der Waals surface area contributed by atoms with Crippen molar-refractivity contribution in [1.82, 2.24) is 9.71 Å². The highest BCUT2D eigenvalue weighted by atomic mass is 79.9. The van der Waals surface area contributed by atoms with Crippen LogP contribution in [0.15, 0.2) is 33.8 Å². The predicted octanol–water partition coefficient (Wildman–Crippen LogP) is 2.53. The van der Waals surface area contributed by atoms with Crippen LogP contribution in [0.4, 0.5) is 5.69 Å². The van der Waals surface area contributed by atoms with Crippen LogP contribution in [-0.2, 0) is 23.0 Å². The van der Waals surface area contributed by atoms with Crippen molar-refractivity contribution < 1.29 is 8.42 Å². The Morgan fingerprint density at radius 2 is 2.20 bits per heavy atom. The number of aromatic nitrogens is 1. The smallest absolute Gasteiger partial charge is 0.242 e. The highest BCUT2D eigenvalue weighted by Crippen LogP contribution is 2.23. The van der Waals surface area contributed by atoms with Crippen LogP contribution in [-0.4, -0.2) is 13.4 Å². The Morgan fingerprint density at radius 3 is 2.80 bits per heavy atom. The molecule has 108 valence electrons. The minimum absolute atomic E-state index is 0.0768. The Morgan fingerprint density at radius 1 is 1.45 bits per heavy atom. The number of thiazole rings is 1. The van der Waals surface area contributed by atoms with Crippen LogP contribution in [0.2, 0.25) is 0 Å². The molecule has 1 aromatic carbocycles. The summed E-state index contributed by atoms with van der Waals surface area (Å²) in [5.41, 5.74) is 5.95. The van der Waals surface area contributed by atoms with Crippen molar-refractivity contribution in [2.45, 2.75) is 24.8 Å². The molecule has 2 rings (SSSR count). The van der Waals surface area contributed by atoms with E-state index in [1.165, 1.54) is 17.4 Å². The number of benzene rings is 1. The number of anilines is 1. The Kier molecular flexibility index (Phi) is 4.79. The van der Waals surface area contributed by atoms with Crippen LogP contribution >= 0.6 is 27.3 Å². The van der Waals surface area contributed by atoms with Gasteiger partial charge in [-0.2, -0.15) is 0 Å². The normalized spacial score (nSPS) is 11.7. The molecule has 0 aliphatic rings. The molecule has 5 nitrogen and oxygen atoms in total. The van der Waals surface area contributed by atoms with E-state index in [-0.39, 0.29) is 17.1 Å². The topological polar surface area (TPSA) is 85.1 Å². The fourth-order valence-corrected chi connectivity index (χ4v) is 3.96. The molecule has 0 saturated heterocycles. The molecule has 0 saturated carbocycles. The first-order valence-electron chi connectivity index (χ1n) is 5.90. The molecular weight excluding hydrogens is 362 g/mol. The van der Waals surface area contributed by atoms with Gasteiger partial charge in [0.25, 0.3) is 0 Å². The second-order valence-corrected chi connectivity index (χ2v) is 7.93. The zero-order valence-electron chi connectivity index (χ0n) is 10.8. The molecule has 2 aromatic rings. The maximum absolute atomic E-state index is 12.2. The van der Waals surface area contributed by atoms with E-state index in [9.17, 15) is 8.42 Å². The molecule has 0 aliphatic heterocycles. The number of nitrogens with two attached hydrogens (primary N) is 1. The van der Waals surface area contributed by atoms with E-state index < -0.39 is 10.0 Å². The van der Waals surface area contributed by atoms with Crippen molar-refractivity contribution in [1.29, 1.82) is 0 Å². The average Bonchev–Trinajstić information content (AvgIpc) is 2.84.